The maximum Gasteiger partial charge on any atom is 0.259 e. The fraction of sp³-hybridized carbons (Fsp3) is 0.625. The van der Waals surface area contributed by atoms with Gasteiger partial charge < -0.3 is 10.0 Å². The quantitative estimate of drug-likeness (QED) is 0.900. The first-order valence-corrected chi connectivity index (χ1v) is 7.17. The summed E-state index contributed by atoms with van der Waals surface area (Å²) in [5.74, 6) is -0.245. The van der Waals surface area contributed by atoms with E-state index in [0.717, 1.165) is 0 Å². The normalized spacial score (nSPS) is 14.7. The van der Waals surface area contributed by atoms with Crippen LogP contribution in [0.4, 0.5) is 0 Å². The lowest BCUT2D eigenvalue weighted by Crippen LogP contribution is -2.48. The van der Waals surface area contributed by atoms with Crippen molar-refractivity contribution in [2.45, 2.75) is 46.6 Å². The van der Waals surface area contributed by atoms with Crippen molar-refractivity contribution in [1.82, 2.24) is 9.88 Å². The number of carbonyl (C=O) groups is 1. The number of carbonyl (C=O) groups excluding carboxylic acids is 1. The minimum absolute atomic E-state index is 0.173. The zero-order chi connectivity index (χ0) is 15.4. The Hall–Kier alpha value is -1.42. The summed E-state index contributed by atoms with van der Waals surface area (Å²) in [5.41, 5.74) is -1.13. The highest BCUT2D eigenvalue weighted by molar-refractivity contribution is 5.86. The molecule has 1 amide bonds. The van der Waals surface area contributed by atoms with Crippen molar-refractivity contribution in [3.63, 3.8) is 0 Å². The fourth-order valence-corrected chi connectivity index (χ4v) is 2.45. The van der Waals surface area contributed by atoms with E-state index in [-0.39, 0.29) is 11.3 Å². The number of hydrogen-bond donors (Lipinski definition) is 1. The maximum atomic E-state index is 12.8. The molecule has 0 fully saturated rings. The second-order valence-electron chi connectivity index (χ2n) is 6.32. The van der Waals surface area contributed by atoms with Gasteiger partial charge in [-0.2, -0.15) is 0 Å². The molecule has 1 unspecified atom stereocenters. The van der Waals surface area contributed by atoms with Gasteiger partial charge >= 0.3 is 0 Å². The van der Waals surface area contributed by atoms with Gasteiger partial charge in [0.05, 0.1) is 0 Å². The molecule has 0 aromatic carbocycles. The van der Waals surface area contributed by atoms with Gasteiger partial charge in [0.15, 0.2) is 5.60 Å². The monoisotopic (exact) mass is 278 g/mol. The molecular weight excluding hydrogens is 252 g/mol. The molecule has 0 aliphatic heterocycles. The highest BCUT2D eigenvalue weighted by Crippen LogP contribution is 2.36. The molecule has 1 rings (SSSR count). The lowest BCUT2D eigenvalue weighted by atomic mass is 9.77. The second-order valence-corrected chi connectivity index (χ2v) is 6.32. The molecule has 1 N–H and O–H groups in total. The van der Waals surface area contributed by atoms with Crippen molar-refractivity contribution in [2.75, 3.05) is 13.1 Å². The predicted octanol–water partition coefficient (Wildman–Crippen LogP) is 2.57. The van der Waals surface area contributed by atoms with Gasteiger partial charge in [-0.05, 0) is 31.7 Å². The van der Waals surface area contributed by atoms with E-state index < -0.39 is 5.60 Å². The first-order chi connectivity index (χ1) is 9.24. The number of nitrogens with zero attached hydrogens (tertiary/aromatic N) is 2. The molecule has 4 heteroatoms. The van der Waals surface area contributed by atoms with Crippen LogP contribution in [0.15, 0.2) is 24.5 Å². The summed E-state index contributed by atoms with van der Waals surface area (Å²) in [6.45, 7) is 11.1. The van der Waals surface area contributed by atoms with E-state index in [2.05, 4.69) is 4.98 Å². The van der Waals surface area contributed by atoms with E-state index in [4.69, 9.17) is 0 Å². The lowest BCUT2D eigenvalue weighted by molar-refractivity contribution is -0.155. The van der Waals surface area contributed by atoms with Gasteiger partial charge in [0, 0.05) is 31.0 Å². The Kier molecular flexibility index (Phi) is 5.28. The van der Waals surface area contributed by atoms with Gasteiger partial charge in [-0.1, -0.05) is 26.8 Å². The molecule has 0 saturated heterocycles. The SMILES string of the molecule is CCN(CC)C(=O)C(O)(CC(C)(C)C)c1cccnc1. The molecule has 4 nitrogen and oxygen atoms in total. The van der Waals surface area contributed by atoms with Crippen LogP contribution in [0.25, 0.3) is 0 Å². The Balaban J connectivity index is 3.24. The zero-order valence-corrected chi connectivity index (χ0v) is 13.2. The first-order valence-electron chi connectivity index (χ1n) is 7.17. The molecule has 1 aromatic rings. The third-order valence-electron chi connectivity index (χ3n) is 3.33. The third-order valence-corrected chi connectivity index (χ3v) is 3.33. The molecule has 1 heterocycles. The maximum absolute atomic E-state index is 12.8. The molecule has 0 spiro atoms. The Labute approximate surface area is 121 Å². The second kappa shape index (κ2) is 6.35. The fourth-order valence-electron chi connectivity index (χ4n) is 2.45. The van der Waals surface area contributed by atoms with Crippen molar-refractivity contribution >= 4 is 5.91 Å². The first kappa shape index (κ1) is 16.6. The molecule has 0 aliphatic rings. The van der Waals surface area contributed by atoms with E-state index in [0.29, 0.717) is 25.1 Å². The summed E-state index contributed by atoms with van der Waals surface area (Å²) in [6.07, 6.45) is 3.58. The number of aliphatic hydroxyl groups is 1. The number of pyridine rings is 1. The highest BCUT2D eigenvalue weighted by Gasteiger charge is 2.43. The topological polar surface area (TPSA) is 53.4 Å². The van der Waals surface area contributed by atoms with Gasteiger partial charge in [0.25, 0.3) is 5.91 Å². The molecule has 0 radical (unpaired) electrons. The smallest absolute Gasteiger partial charge is 0.259 e. The highest BCUT2D eigenvalue weighted by atomic mass is 16.3. The molecule has 112 valence electrons. The van der Waals surface area contributed by atoms with Crippen LogP contribution in [0.1, 0.15) is 46.6 Å². The largest absolute Gasteiger partial charge is 0.375 e. The Morgan fingerprint density at radius 3 is 2.30 bits per heavy atom. The van der Waals surface area contributed by atoms with Crippen LogP contribution in [0.3, 0.4) is 0 Å². The number of aromatic nitrogens is 1. The standard InChI is InChI=1S/C16H26N2O2/c1-6-18(7-2)14(19)16(20,12-15(3,4)5)13-9-8-10-17-11-13/h8-11,20H,6-7,12H2,1-5H3. The van der Waals surface area contributed by atoms with E-state index in [9.17, 15) is 9.90 Å². The Morgan fingerprint density at radius 2 is 1.90 bits per heavy atom. The van der Waals surface area contributed by atoms with Crippen LogP contribution in [0, 0.1) is 5.41 Å². The van der Waals surface area contributed by atoms with Gasteiger partial charge in [-0.15, -0.1) is 0 Å². The summed E-state index contributed by atoms with van der Waals surface area (Å²) in [5, 5.41) is 11.1. The molecule has 0 aliphatic carbocycles. The van der Waals surface area contributed by atoms with Crippen molar-refractivity contribution in [3.05, 3.63) is 30.1 Å². The van der Waals surface area contributed by atoms with Crippen LogP contribution in [0.2, 0.25) is 0 Å². The minimum atomic E-state index is -1.52. The molecule has 0 bridgehead atoms. The third kappa shape index (κ3) is 3.79. The van der Waals surface area contributed by atoms with Crippen molar-refractivity contribution in [2.24, 2.45) is 5.41 Å². The predicted molar refractivity (Wildman–Crippen MR) is 80.1 cm³/mol. The van der Waals surface area contributed by atoms with Crippen molar-refractivity contribution < 1.29 is 9.90 Å². The van der Waals surface area contributed by atoms with Crippen molar-refractivity contribution in [3.8, 4) is 0 Å². The van der Waals surface area contributed by atoms with Gasteiger partial charge in [-0.3, -0.25) is 9.78 Å². The number of likely N-dealkylation sites (N-methyl/N-ethyl adjacent to an activating group) is 1. The summed E-state index contributed by atoms with van der Waals surface area (Å²) in [7, 11) is 0. The number of amides is 1. The van der Waals surface area contributed by atoms with Crippen LogP contribution in [0.5, 0.6) is 0 Å². The number of hydrogen-bond acceptors (Lipinski definition) is 3. The van der Waals surface area contributed by atoms with Crippen molar-refractivity contribution in [1.29, 1.82) is 0 Å². The minimum Gasteiger partial charge on any atom is -0.375 e. The number of rotatable bonds is 5. The Bertz CT molecular complexity index is 436. The summed E-state index contributed by atoms with van der Waals surface area (Å²) < 4.78 is 0. The molecule has 20 heavy (non-hydrogen) atoms. The molecule has 1 atom stereocenters. The van der Waals surface area contributed by atoms with E-state index in [1.807, 2.05) is 34.6 Å². The van der Waals surface area contributed by atoms with Crippen LogP contribution >= 0.6 is 0 Å². The zero-order valence-electron chi connectivity index (χ0n) is 13.2. The van der Waals surface area contributed by atoms with Gasteiger partial charge in [-0.25, -0.2) is 0 Å². The van der Waals surface area contributed by atoms with E-state index in [1.165, 1.54) is 0 Å². The van der Waals surface area contributed by atoms with Crippen LogP contribution < -0.4 is 0 Å². The summed E-state index contributed by atoms with van der Waals surface area (Å²) in [4.78, 5) is 18.5. The molecular formula is C16H26N2O2. The van der Waals surface area contributed by atoms with Crippen LogP contribution in [-0.2, 0) is 10.4 Å². The van der Waals surface area contributed by atoms with Gasteiger partial charge in [0.2, 0.25) is 0 Å². The molecule has 1 aromatic heterocycles. The van der Waals surface area contributed by atoms with Crippen LogP contribution in [-0.4, -0.2) is 34.0 Å². The average Bonchev–Trinajstić information content (AvgIpc) is 2.39. The van der Waals surface area contributed by atoms with E-state index >= 15 is 0 Å². The summed E-state index contributed by atoms with van der Waals surface area (Å²) >= 11 is 0. The lowest BCUT2D eigenvalue weighted by Gasteiger charge is -2.36. The Morgan fingerprint density at radius 1 is 1.30 bits per heavy atom. The van der Waals surface area contributed by atoms with E-state index in [1.54, 1.807) is 29.4 Å². The summed E-state index contributed by atoms with van der Waals surface area (Å²) in [6, 6.07) is 3.51. The molecule has 0 saturated carbocycles. The van der Waals surface area contributed by atoms with Gasteiger partial charge in [0.1, 0.15) is 0 Å². The average molecular weight is 278 g/mol.